The zero-order valence-electron chi connectivity index (χ0n) is 69.9. The number of hydrogen-bond donors (Lipinski definition) is 11. The molecule has 5 aromatic heterocycles. The molecule has 7 aliphatic heterocycles. The Bertz CT molecular complexity index is 5520. The van der Waals surface area contributed by atoms with E-state index in [1.807, 2.05) is 11.8 Å². The van der Waals surface area contributed by atoms with Crippen molar-refractivity contribution in [1.29, 1.82) is 0 Å². The molecule has 17 rings (SSSR count). The number of piperidine rings is 1. The molecule has 11 N–H and O–H groups in total. The quantitative estimate of drug-likeness (QED) is 0.0290. The molecule has 2 fully saturated rings. The molecule has 5 aromatic carbocycles. The highest BCUT2D eigenvalue weighted by molar-refractivity contribution is 6.32. The predicted molar refractivity (Wildman–Crippen MR) is 475 cm³/mol. The van der Waals surface area contributed by atoms with Crippen LogP contribution in [0.1, 0.15) is 148 Å². The van der Waals surface area contributed by atoms with Crippen LogP contribution in [0.25, 0.3) is 0 Å². The molecule has 0 aliphatic carbocycles. The number of nitrogens with one attached hydrogen (secondary N) is 10. The molecule has 0 radical (unpaired) electrons. The first kappa shape index (κ1) is 92.1. The number of ether oxygens (including phenoxy) is 1. The molecule has 0 unspecified atom stereocenters. The summed E-state index contributed by atoms with van der Waals surface area (Å²) in [5.74, 6) is -1.12. The Morgan fingerprint density at radius 1 is 0.386 bits per heavy atom. The number of fused-ring (bicyclic) bond motifs is 5. The second-order valence-corrected chi connectivity index (χ2v) is 32.6. The molecule has 2 saturated heterocycles. The van der Waals surface area contributed by atoms with Gasteiger partial charge in [0, 0.05) is 221 Å². The van der Waals surface area contributed by atoms with Gasteiger partial charge in [-0.05, 0) is 117 Å². The number of amides is 14. The van der Waals surface area contributed by atoms with Crippen LogP contribution in [0.5, 0.6) is 0 Å². The number of H-pyrrole nitrogens is 5. The van der Waals surface area contributed by atoms with E-state index in [0.29, 0.717) is 204 Å². The second-order valence-electron chi connectivity index (χ2n) is 30.5. The number of halogens is 5. The molecule has 127 heavy (non-hydrogen) atoms. The Hall–Kier alpha value is -12.6. The number of ketones is 1. The number of carbonyl (C=O) groups is 10. The van der Waals surface area contributed by atoms with E-state index < -0.39 is 5.91 Å². The van der Waals surface area contributed by atoms with Crippen LogP contribution >= 0.6 is 58.0 Å². The largest absolute Gasteiger partial charge is 0.378 e. The van der Waals surface area contributed by atoms with Gasteiger partial charge >= 0.3 is 30.2 Å². The maximum atomic E-state index is 12.8. The van der Waals surface area contributed by atoms with Gasteiger partial charge in [-0.1, -0.05) is 95.3 Å². The lowest BCUT2D eigenvalue weighted by Gasteiger charge is -2.29. The number of aromatic nitrogens is 10. The lowest BCUT2D eigenvalue weighted by atomic mass is 10.0. The van der Waals surface area contributed by atoms with Crippen molar-refractivity contribution in [3.63, 3.8) is 0 Å². The molecule has 668 valence electrons. The Kier molecular flexibility index (Phi) is 31.2. The van der Waals surface area contributed by atoms with Crippen LogP contribution in [0, 0.1) is 0 Å². The number of aromatic amines is 5. The van der Waals surface area contributed by atoms with Crippen molar-refractivity contribution in [3.8, 4) is 0 Å². The lowest BCUT2D eigenvalue weighted by molar-refractivity contribution is -0.0761. The van der Waals surface area contributed by atoms with Gasteiger partial charge in [-0.15, -0.1) is 0 Å². The van der Waals surface area contributed by atoms with E-state index in [0.717, 1.165) is 82.6 Å². The van der Waals surface area contributed by atoms with Gasteiger partial charge in [0.1, 0.15) is 5.69 Å². The molecular formula is C85H95Cl5N24O13. The van der Waals surface area contributed by atoms with Gasteiger partial charge in [0.2, 0.25) is 0 Å². The Labute approximate surface area is 754 Å². The zero-order chi connectivity index (χ0) is 90.0. The summed E-state index contributed by atoms with van der Waals surface area (Å²) >= 11 is 29.7. The van der Waals surface area contributed by atoms with E-state index >= 15 is 0 Å². The summed E-state index contributed by atoms with van der Waals surface area (Å²) < 4.78 is 5.30. The van der Waals surface area contributed by atoms with Gasteiger partial charge in [0.25, 0.3) is 23.6 Å². The Balaban J connectivity index is 0.000000136. The van der Waals surface area contributed by atoms with E-state index in [-0.39, 0.29) is 78.1 Å². The number of carbonyl (C=O) groups excluding carboxylic acids is 10. The van der Waals surface area contributed by atoms with Crippen LogP contribution in [-0.4, -0.2) is 254 Å². The molecule has 42 heteroatoms. The summed E-state index contributed by atoms with van der Waals surface area (Å²) in [5, 5.41) is 63.0. The fraction of sp³-hybridized carbons (Fsp3) is 0.353. The zero-order valence-corrected chi connectivity index (χ0v) is 73.7. The predicted octanol–water partition coefficient (Wildman–Crippen LogP) is 13.4. The van der Waals surface area contributed by atoms with Crippen molar-refractivity contribution in [2.75, 3.05) is 120 Å². The van der Waals surface area contributed by atoms with Gasteiger partial charge in [0.15, 0.2) is 28.6 Å². The number of nitrogens with zero attached hydrogens (tertiary/aromatic N) is 14. The van der Waals surface area contributed by atoms with E-state index in [4.69, 9.17) is 67.6 Å². The first-order valence-electron chi connectivity index (χ1n) is 41.1. The summed E-state index contributed by atoms with van der Waals surface area (Å²) in [6.45, 7) is 10.00. The minimum atomic E-state index is -0.621. The number of hydrogen-bond acceptors (Lipinski definition) is 18. The molecule has 0 spiro atoms. The average Bonchev–Trinajstić information content (AvgIpc) is 1.68. The Morgan fingerprint density at radius 3 is 0.953 bits per heavy atom. The first-order chi connectivity index (χ1) is 61.3. The fourth-order valence-corrected chi connectivity index (χ4v) is 16.0. The number of Topliss-reactive ketones (excluding diaryl/α,β-unsaturated/α-hetero) is 1. The number of rotatable bonds is 13. The van der Waals surface area contributed by atoms with Gasteiger partial charge in [-0.25, -0.2) is 34.1 Å². The van der Waals surface area contributed by atoms with Gasteiger partial charge < -0.3 is 65.6 Å². The van der Waals surface area contributed by atoms with Crippen LogP contribution in [0.3, 0.4) is 0 Å². The van der Waals surface area contributed by atoms with Crippen molar-refractivity contribution < 1.29 is 62.7 Å². The lowest BCUT2D eigenvalue weighted by Crippen LogP contribution is -2.42. The van der Waals surface area contributed by atoms with Gasteiger partial charge in [0.05, 0.1) is 53.0 Å². The highest BCUT2D eigenvalue weighted by atomic mass is 35.5. The minimum absolute atomic E-state index is 0.0205. The van der Waals surface area contributed by atoms with Crippen molar-refractivity contribution in [2.24, 2.45) is 0 Å². The first-order valence-corrected chi connectivity index (χ1v) is 43.0. The monoisotopic (exact) mass is 1830 g/mol. The Morgan fingerprint density at radius 2 is 0.661 bits per heavy atom. The van der Waals surface area contributed by atoms with E-state index in [1.54, 1.807) is 151 Å². The molecule has 12 heterocycles. The molecular weight excluding hydrogens is 1740 g/mol. The molecule has 14 amide bonds. The molecule has 0 saturated carbocycles. The summed E-state index contributed by atoms with van der Waals surface area (Å²) in [6, 6.07) is 33.7. The highest BCUT2D eigenvalue weighted by Crippen LogP contribution is 2.31. The SMILES string of the molecule is CCCC(=O)c1n[nH]c2c1CN(C(=O)Nc1cccc(Cl)c1)CC2.CN(O)C(=O)c1n[nH]c2c1CN(C(=O)Nc1cccc(Cl)c1)CC2.CON(C)C(=O)c1n[nH]c2c1CN(C(=O)Nc1cccc(Cl)c1)CC2.O=C(Nc1cccc(Cl)c1)N1CCc2[nH]nc(C(=O)N3CCCCC3)c2C1.O=C(Nc1cccc(Cl)c1)N1CCc2[nH]nc(C(=O)N3CCOCC3)c2C1. The van der Waals surface area contributed by atoms with Crippen LogP contribution in [0.2, 0.25) is 25.1 Å². The summed E-state index contributed by atoms with van der Waals surface area (Å²) in [4.78, 5) is 141. The summed E-state index contributed by atoms with van der Waals surface area (Å²) in [7, 11) is 4.15. The van der Waals surface area contributed by atoms with E-state index in [1.165, 1.54) is 27.6 Å². The van der Waals surface area contributed by atoms with Crippen molar-refractivity contribution in [3.05, 3.63) is 231 Å². The van der Waals surface area contributed by atoms with Crippen LogP contribution < -0.4 is 26.6 Å². The minimum Gasteiger partial charge on any atom is -0.378 e. The second kappa shape index (κ2) is 43.0. The standard InChI is InChI=1S/C19H22ClN5O2.C18H20ClN5O3.C17H19ClN4O2.C16H18ClN5O3.C15H16ClN5O3/c20-13-5-4-6-14(11-13)21-19(27)25-10-7-16-15(12-25)17(23-22-16)18(26)24-8-2-1-3-9-24;19-12-2-1-3-13(10-12)20-18(26)24-5-4-15-14(11-24)16(22-21-15)17(25)23-6-8-27-9-7-23;1-2-4-15(23)16-13-10-22(8-7-14(13)20-21-16)17(24)19-12-6-3-5-11(18)9-12;1-21(25-2)15(23)14-12-9-22(7-6-13(12)19-20-14)16(24)18-11-5-3-4-10(17)8-11;1-20(24)14(22)13-11-8-21(6-5-12(11)18-19-13)15(23)17-10-4-2-3-9(16)7-10/h4-6,11H,1-3,7-10,12H2,(H,21,27)(H,22,23);1-3,10H,4-9,11H2,(H,20,26)(H,21,22);3,5-6,9H,2,4,7-8,10H2,1H3,(H,19,24)(H,20,21);3-5,8H,6-7,9H2,1-2H3,(H,18,24)(H,19,20);2-4,7,24H,5-6,8H2,1H3,(H,17,23)(H,18,19). The number of benzene rings is 5. The number of hydroxylamine groups is 4. The number of morpholine rings is 1. The maximum absolute atomic E-state index is 12.8. The molecule has 0 bridgehead atoms. The van der Waals surface area contributed by atoms with E-state index in [2.05, 4.69) is 77.6 Å². The fourth-order valence-electron chi connectivity index (χ4n) is 15.0. The normalized spacial score (nSPS) is 14.8. The number of urea groups is 5. The summed E-state index contributed by atoms with van der Waals surface area (Å²) in [6.07, 6.45) is 7.55. The number of likely N-dealkylation sites (tertiary alicyclic amines) is 1. The van der Waals surface area contributed by atoms with Crippen LogP contribution in [-0.2, 0) is 74.4 Å². The van der Waals surface area contributed by atoms with Crippen LogP contribution in [0.15, 0.2) is 121 Å². The third-order valence-corrected chi connectivity index (χ3v) is 23.0. The van der Waals surface area contributed by atoms with Gasteiger partial charge in [-0.2, -0.15) is 25.5 Å². The molecule has 10 aromatic rings. The van der Waals surface area contributed by atoms with Crippen molar-refractivity contribution in [1.82, 2.24) is 95.4 Å². The average molecular weight is 1840 g/mol. The third kappa shape index (κ3) is 23.6. The van der Waals surface area contributed by atoms with E-state index in [9.17, 15) is 53.2 Å². The number of anilines is 5. The van der Waals surface area contributed by atoms with Gasteiger partial charge in [-0.3, -0.25) is 59.5 Å². The van der Waals surface area contributed by atoms with Crippen molar-refractivity contribution >= 4 is 146 Å². The topological polar surface area (TPSA) is 442 Å². The van der Waals surface area contributed by atoms with Crippen LogP contribution in [0.4, 0.5) is 52.4 Å². The molecule has 0 atom stereocenters. The molecule has 37 nitrogen and oxygen atoms in total. The summed E-state index contributed by atoms with van der Waals surface area (Å²) in [5.41, 5.74) is 13.1. The maximum Gasteiger partial charge on any atom is 0.322 e. The molecule has 7 aliphatic rings. The van der Waals surface area contributed by atoms with Crippen molar-refractivity contribution in [2.45, 2.75) is 104 Å². The smallest absolute Gasteiger partial charge is 0.322 e. The third-order valence-electron chi connectivity index (χ3n) is 21.8. The highest BCUT2D eigenvalue weighted by Gasteiger charge is 2.36.